The van der Waals surface area contributed by atoms with Crippen LogP contribution in [0.5, 0.6) is 0 Å². The number of carbonyl (C=O) groups excluding carboxylic acids is 5. The van der Waals surface area contributed by atoms with E-state index in [4.69, 9.17) is 23.7 Å². The summed E-state index contributed by atoms with van der Waals surface area (Å²) in [4.78, 5) is 72.6. The van der Waals surface area contributed by atoms with E-state index >= 15 is 0 Å². The molecule has 2 aromatic carbocycles. The van der Waals surface area contributed by atoms with Gasteiger partial charge in [-0.25, -0.2) is 9.59 Å². The molecule has 0 spiro atoms. The van der Waals surface area contributed by atoms with Crippen molar-refractivity contribution < 1.29 is 57.6 Å². The zero-order chi connectivity index (χ0) is 32.7. The smallest absolute Gasteiger partial charge is 0.407 e. The lowest BCUT2D eigenvalue weighted by Gasteiger charge is -2.41. The topological polar surface area (TPSA) is 193 Å². The number of aliphatic carboxylic acids is 1. The van der Waals surface area contributed by atoms with Gasteiger partial charge < -0.3 is 39.4 Å². The van der Waals surface area contributed by atoms with Crippen LogP contribution in [0.1, 0.15) is 44.2 Å². The fraction of sp³-hybridized carbons (Fsp3) is 0.419. The van der Waals surface area contributed by atoms with Gasteiger partial charge >= 0.3 is 30.0 Å². The minimum absolute atomic E-state index is 0.0616. The van der Waals surface area contributed by atoms with E-state index in [1.165, 1.54) is 6.92 Å². The average molecular weight is 627 g/mol. The van der Waals surface area contributed by atoms with Gasteiger partial charge in [0.15, 0.2) is 12.2 Å². The molecule has 0 bridgehead atoms. The standard InChI is InChI=1S/C31H34N2O12/c1-16(34)41-15-26-29(45-18(3)36)28(44-17(2)35)25(14-42-26)32-27(37)12-24(30(38)39)33-31(40)43-13-23-21-10-6-4-8-19(21)20-9-5-7-11-22(20)23/h4-11,23-26,28-29H,12-15H2,1-3H3,(H,32,37)(H,33,40)(H,38,39)/t24-,25-,26+,28+,29+/m0/s1. The van der Waals surface area contributed by atoms with Crippen molar-refractivity contribution in [1.82, 2.24) is 10.6 Å². The van der Waals surface area contributed by atoms with Gasteiger partial charge in [0, 0.05) is 26.7 Å². The Hall–Kier alpha value is -4.98. The zero-order valence-electron chi connectivity index (χ0n) is 24.8. The Kier molecular flexibility index (Phi) is 10.7. The SMILES string of the molecule is CC(=O)OC[C@H]1OC[C@H](NC(=O)C[C@H](NC(=O)OCC2c3ccccc3-c3ccccc32)C(=O)O)[C@@H](OC(C)=O)[C@@H]1OC(C)=O. The number of carboxylic acid groups (broad SMARTS) is 1. The van der Waals surface area contributed by atoms with Crippen molar-refractivity contribution in [3.8, 4) is 11.1 Å². The summed E-state index contributed by atoms with van der Waals surface area (Å²) >= 11 is 0. The highest BCUT2D eigenvalue weighted by molar-refractivity contribution is 5.87. The second-order valence-electron chi connectivity index (χ2n) is 10.6. The van der Waals surface area contributed by atoms with Gasteiger partial charge in [-0.2, -0.15) is 0 Å². The lowest BCUT2D eigenvalue weighted by molar-refractivity contribution is -0.207. The summed E-state index contributed by atoms with van der Waals surface area (Å²) in [5, 5.41) is 14.5. The fourth-order valence-corrected chi connectivity index (χ4v) is 5.43. The van der Waals surface area contributed by atoms with Crippen LogP contribution in [0, 0.1) is 0 Å². The molecule has 45 heavy (non-hydrogen) atoms. The summed E-state index contributed by atoms with van der Waals surface area (Å²) in [6, 6.07) is 12.7. The van der Waals surface area contributed by atoms with Crippen LogP contribution in [-0.2, 0) is 47.7 Å². The number of esters is 3. The molecule has 14 heteroatoms. The molecule has 2 aliphatic rings. The van der Waals surface area contributed by atoms with Crippen molar-refractivity contribution in [3.63, 3.8) is 0 Å². The number of hydrogen-bond acceptors (Lipinski definition) is 11. The molecule has 1 aliphatic carbocycles. The van der Waals surface area contributed by atoms with E-state index in [-0.39, 0.29) is 25.7 Å². The maximum Gasteiger partial charge on any atom is 0.407 e. The quantitative estimate of drug-likeness (QED) is 0.242. The lowest BCUT2D eigenvalue weighted by Crippen LogP contribution is -2.62. The van der Waals surface area contributed by atoms with Crippen LogP contribution in [0.15, 0.2) is 48.5 Å². The minimum Gasteiger partial charge on any atom is -0.480 e. The number of hydrogen-bond donors (Lipinski definition) is 3. The Bertz CT molecular complexity index is 1410. The second-order valence-corrected chi connectivity index (χ2v) is 10.6. The van der Waals surface area contributed by atoms with Gasteiger partial charge in [-0.1, -0.05) is 48.5 Å². The first-order valence-corrected chi connectivity index (χ1v) is 14.2. The molecule has 5 atom stereocenters. The first-order chi connectivity index (χ1) is 21.4. The van der Waals surface area contributed by atoms with E-state index in [1.54, 1.807) is 0 Å². The van der Waals surface area contributed by atoms with Crippen LogP contribution in [0.3, 0.4) is 0 Å². The third-order valence-corrected chi connectivity index (χ3v) is 7.30. The predicted molar refractivity (Wildman–Crippen MR) is 154 cm³/mol. The molecule has 2 aromatic rings. The van der Waals surface area contributed by atoms with Crippen LogP contribution >= 0.6 is 0 Å². The van der Waals surface area contributed by atoms with Gasteiger partial charge in [0.25, 0.3) is 0 Å². The Morgan fingerprint density at radius 1 is 0.822 bits per heavy atom. The molecule has 0 aromatic heterocycles. The van der Waals surface area contributed by atoms with Gasteiger partial charge in [-0.15, -0.1) is 0 Å². The Balaban J connectivity index is 1.38. The first kappa shape index (κ1) is 32.9. The predicted octanol–water partition coefficient (Wildman–Crippen LogP) is 1.68. The molecule has 1 heterocycles. The first-order valence-electron chi connectivity index (χ1n) is 14.2. The Labute approximate surface area is 258 Å². The molecule has 1 aliphatic heterocycles. The van der Waals surface area contributed by atoms with Crippen LogP contribution < -0.4 is 10.6 Å². The van der Waals surface area contributed by atoms with E-state index in [2.05, 4.69) is 10.6 Å². The van der Waals surface area contributed by atoms with Crippen molar-refractivity contribution in [3.05, 3.63) is 59.7 Å². The van der Waals surface area contributed by atoms with Crippen molar-refractivity contribution >= 4 is 35.9 Å². The molecule has 240 valence electrons. The summed E-state index contributed by atoms with van der Waals surface area (Å²) in [7, 11) is 0. The number of amides is 2. The van der Waals surface area contributed by atoms with Crippen molar-refractivity contribution in [2.75, 3.05) is 19.8 Å². The third-order valence-electron chi connectivity index (χ3n) is 7.30. The van der Waals surface area contributed by atoms with E-state index < -0.39 is 72.7 Å². The van der Waals surface area contributed by atoms with Crippen LogP contribution in [0.25, 0.3) is 11.1 Å². The number of fused-ring (bicyclic) bond motifs is 3. The van der Waals surface area contributed by atoms with E-state index in [9.17, 15) is 33.9 Å². The van der Waals surface area contributed by atoms with Crippen LogP contribution in [0.4, 0.5) is 4.79 Å². The fourth-order valence-electron chi connectivity index (χ4n) is 5.43. The van der Waals surface area contributed by atoms with Gasteiger partial charge in [0.1, 0.15) is 25.4 Å². The Morgan fingerprint density at radius 2 is 1.40 bits per heavy atom. The average Bonchev–Trinajstić information content (AvgIpc) is 3.30. The Morgan fingerprint density at radius 3 is 1.96 bits per heavy atom. The van der Waals surface area contributed by atoms with Crippen LogP contribution in [0.2, 0.25) is 0 Å². The molecule has 2 amide bonds. The largest absolute Gasteiger partial charge is 0.480 e. The van der Waals surface area contributed by atoms with Gasteiger partial charge in [0.2, 0.25) is 5.91 Å². The molecule has 1 saturated heterocycles. The van der Waals surface area contributed by atoms with Gasteiger partial charge in [0.05, 0.1) is 19.1 Å². The monoisotopic (exact) mass is 626 g/mol. The number of carboxylic acids is 1. The second kappa shape index (κ2) is 14.7. The lowest BCUT2D eigenvalue weighted by atomic mass is 9.97. The molecule has 0 unspecified atom stereocenters. The van der Waals surface area contributed by atoms with Crippen LogP contribution in [-0.4, -0.2) is 91.2 Å². The molecule has 0 radical (unpaired) electrons. The molecular formula is C31H34N2O12. The number of carbonyl (C=O) groups is 6. The summed E-state index contributed by atoms with van der Waals surface area (Å²) in [6.07, 6.45) is -5.28. The molecule has 14 nitrogen and oxygen atoms in total. The highest BCUT2D eigenvalue weighted by Gasteiger charge is 2.46. The summed E-state index contributed by atoms with van der Waals surface area (Å²) < 4.78 is 26.7. The summed E-state index contributed by atoms with van der Waals surface area (Å²) in [5.74, 6) is -4.72. The van der Waals surface area contributed by atoms with Gasteiger partial charge in [-0.05, 0) is 22.3 Å². The molecule has 1 fully saturated rings. The summed E-state index contributed by atoms with van der Waals surface area (Å²) in [5.41, 5.74) is 3.99. The number of ether oxygens (including phenoxy) is 5. The highest BCUT2D eigenvalue weighted by Crippen LogP contribution is 2.44. The van der Waals surface area contributed by atoms with E-state index in [0.29, 0.717) is 0 Å². The van der Waals surface area contributed by atoms with Crippen molar-refractivity contribution in [2.24, 2.45) is 0 Å². The summed E-state index contributed by atoms with van der Waals surface area (Å²) in [6.45, 7) is 2.75. The molecule has 3 N–H and O–H groups in total. The third kappa shape index (κ3) is 8.35. The van der Waals surface area contributed by atoms with Gasteiger partial charge in [-0.3, -0.25) is 19.2 Å². The normalized spacial score (nSPS) is 20.9. The highest BCUT2D eigenvalue weighted by atomic mass is 16.6. The number of nitrogens with one attached hydrogen (secondary N) is 2. The van der Waals surface area contributed by atoms with Crippen molar-refractivity contribution in [2.45, 2.75) is 63.5 Å². The van der Waals surface area contributed by atoms with E-state index in [0.717, 1.165) is 36.1 Å². The molecule has 4 rings (SSSR count). The van der Waals surface area contributed by atoms with E-state index in [1.807, 2.05) is 48.5 Å². The maximum atomic E-state index is 13.0. The zero-order valence-corrected chi connectivity index (χ0v) is 24.8. The van der Waals surface area contributed by atoms with Crippen molar-refractivity contribution in [1.29, 1.82) is 0 Å². The maximum absolute atomic E-state index is 13.0. The minimum atomic E-state index is -1.67. The number of alkyl carbamates (subject to hydrolysis) is 1. The number of rotatable bonds is 11. The molecule has 0 saturated carbocycles. The molecular weight excluding hydrogens is 592 g/mol. The number of benzene rings is 2.